The quantitative estimate of drug-likeness (QED) is 0.881. The molecule has 2 amide bonds. The first-order valence-electron chi connectivity index (χ1n) is 8.85. The molecule has 7 nitrogen and oxygen atoms in total. The van der Waals surface area contributed by atoms with Crippen molar-refractivity contribution in [1.82, 2.24) is 9.80 Å². The molecule has 0 saturated carbocycles. The number of rotatable bonds is 4. The monoisotopic (exact) mass is 358 g/mol. The molecule has 0 aliphatic carbocycles. The second-order valence-corrected chi connectivity index (χ2v) is 6.84. The number of hydrogen-bond donors (Lipinski definition) is 1. The Bertz CT molecular complexity index is 680. The highest BCUT2D eigenvalue weighted by atomic mass is 16.4. The number of carbonyl (C=O) groups is 4. The zero-order valence-corrected chi connectivity index (χ0v) is 14.7. The Labute approximate surface area is 151 Å². The van der Waals surface area contributed by atoms with Crippen molar-refractivity contribution in [3.05, 3.63) is 35.4 Å². The van der Waals surface area contributed by atoms with Crippen molar-refractivity contribution in [2.24, 2.45) is 0 Å². The van der Waals surface area contributed by atoms with Gasteiger partial charge in [0.1, 0.15) is 6.04 Å². The molecule has 0 unspecified atom stereocenters. The Hall–Kier alpha value is -2.70. The summed E-state index contributed by atoms with van der Waals surface area (Å²) in [6, 6.07) is 5.07. The van der Waals surface area contributed by atoms with E-state index >= 15 is 0 Å². The van der Waals surface area contributed by atoms with E-state index in [9.17, 15) is 24.3 Å². The van der Waals surface area contributed by atoms with Crippen molar-refractivity contribution in [2.75, 3.05) is 13.1 Å². The first kappa shape index (κ1) is 18.1. The lowest BCUT2D eigenvalue weighted by molar-refractivity contribution is -0.141. The summed E-state index contributed by atoms with van der Waals surface area (Å²) in [6.45, 7) is 2.47. The number of carboxylic acid groups (broad SMARTS) is 1. The van der Waals surface area contributed by atoms with Crippen molar-refractivity contribution >= 4 is 23.6 Å². The fourth-order valence-electron chi connectivity index (χ4n) is 3.79. The van der Waals surface area contributed by atoms with Gasteiger partial charge in [-0.1, -0.05) is 0 Å². The van der Waals surface area contributed by atoms with Crippen molar-refractivity contribution in [3.63, 3.8) is 0 Å². The van der Waals surface area contributed by atoms with E-state index in [1.54, 1.807) is 29.2 Å². The fraction of sp³-hybridized carbons (Fsp3) is 0.474. The van der Waals surface area contributed by atoms with Gasteiger partial charge in [0.15, 0.2) is 5.78 Å². The SMILES string of the molecule is CC(=O)[C@H]1CCCN1C(=O)c1ccc(C(=O)N2CCC[C@@H]2C(=O)O)cc1. The molecule has 3 rings (SSSR count). The molecular weight excluding hydrogens is 336 g/mol. The number of Topliss-reactive ketones (excluding diaryl/α,β-unsaturated/α-hetero) is 1. The summed E-state index contributed by atoms with van der Waals surface area (Å²) >= 11 is 0. The molecule has 1 aromatic rings. The molecule has 2 aliphatic rings. The number of aliphatic carboxylic acids is 1. The second kappa shape index (κ2) is 7.27. The Kier molecular flexibility index (Phi) is 5.06. The minimum absolute atomic E-state index is 0.0172. The first-order chi connectivity index (χ1) is 12.4. The maximum atomic E-state index is 12.6. The van der Waals surface area contributed by atoms with Gasteiger partial charge in [-0.15, -0.1) is 0 Å². The van der Waals surface area contributed by atoms with E-state index in [0.717, 1.165) is 6.42 Å². The third-order valence-electron chi connectivity index (χ3n) is 5.16. The highest BCUT2D eigenvalue weighted by molar-refractivity contribution is 6.00. The van der Waals surface area contributed by atoms with Crippen molar-refractivity contribution in [1.29, 1.82) is 0 Å². The molecule has 2 heterocycles. The number of carboxylic acids is 1. The van der Waals surface area contributed by atoms with Crippen LogP contribution in [-0.4, -0.2) is 63.6 Å². The Morgan fingerprint density at radius 2 is 1.27 bits per heavy atom. The van der Waals surface area contributed by atoms with E-state index < -0.39 is 12.0 Å². The molecule has 1 aromatic carbocycles. The Morgan fingerprint density at radius 1 is 0.846 bits per heavy atom. The first-order valence-corrected chi connectivity index (χ1v) is 8.85. The van der Waals surface area contributed by atoms with Crippen molar-refractivity contribution < 1.29 is 24.3 Å². The standard InChI is InChI=1S/C19H22N2O5/c1-12(22)15-4-2-10-20(15)17(23)13-6-8-14(9-7-13)18(24)21-11-3-5-16(21)19(25)26/h6-9,15-16H,2-5,10-11H2,1H3,(H,25,26)/t15-,16-/m1/s1. The van der Waals surface area contributed by atoms with Crippen LogP contribution in [0.1, 0.15) is 53.3 Å². The van der Waals surface area contributed by atoms with Crippen LogP contribution in [0.3, 0.4) is 0 Å². The molecule has 26 heavy (non-hydrogen) atoms. The van der Waals surface area contributed by atoms with Crippen LogP contribution in [0, 0.1) is 0 Å². The lowest BCUT2D eigenvalue weighted by Crippen LogP contribution is -2.40. The zero-order chi connectivity index (χ0) is 18.8. The number of likely N-dealkylation sites (tertiary alicyclic amines) is 2. The molecule has 2 fully saturated rings. The third-order valence-corrected chi connectivity index (χ3v) is 5.16. The molecule has 1 N–H and O–H groups in total. The summed E-state index contributed by atoms with van der Waals surface area (Å²) in [5.41, 5.74) is 0.783. The average molecular weight is 358 g/mol. The number of nitrogens with zero attached hydrogens (tertiary/aromatic N) is 2. The molecule has 2 aliphatic heterocycles. The Balaban J connectivity index is 1.74. The van der Waals surface area contributed by atoms with Gasteiger partial charge in [-0.3, -0.25) is 14.4 Å². The summed E-state index contributed by atoms with van der Waals surface area (Å²) < 4.78 is 0. The smallest absolute Gasteiger partial charge is 0.326 e. The Morgan fingerprint density at radius 3 is 1.69 bits per heavy atom. The van der Waals surface area contributed by atoms with Crippen LogP contribution in [-0.2, 0) is 9.59 Å². The van der Waals surface area contributed by atoms with Crippen molar-refractivity contribution in [3.8, 4) is 0 Å². The summed E-state index contributed by atoms with van der Waals surface area (Å²) in [4.78, 5) is 51.1. The van der Waals surface area contributed by atoms with Crippen LogP contribution in [0.25, 0.3) is 0 Å². The normalized spacial score (nSPS) is 22.5. The molecule has 2 atom stereocenters. The van der Waals surface area contributed by atoms with E-state index in [1.807, 2.05) is 0 Å². The van der Waals surface area contributed by atoms with Gasteiger partial charge in [-0.2, -0.15) is 0 Å². The molecule has 0 aromatic heterocycles. The van der Waals surface area contributed by atoms with Crippen LogP contribution in [0.4, 0.5) is 0 Å². The number of ketones is 1. The summed E-state index contributed by atoms with van der Waals surface area (Å²) in [5.74, 6) is -1.56. The maximum absolute atomic E-state index is 12.6. The average Bonchev–Trinajstić information content (AvgIpc) is 3.29. The van der Waals surface area contributed by atoms with Crippen molar-refractivity contribution in [2.45, 2.75) is 44.7 Å². The minimum Gasteiger partial charge on any atom is -0.480 e. The van der Waals surface area contributed by atoms with Crippen LogP contribution in [0.15, 0.2) is 24.3 Å². The minimum atomic E-state index is -0.994. The van der Waals surface area contributed by atoms with Gasteiger partial charge in [0, 0.05) is 24.2 Å². The van der Waals surface area contributed by atoms with Gasteiger partial charge in [0.05, 0.1) is 6.04 Å². The summed E-state index contributed by atoms with van der Waals surface area (Å²) in [5, 5.41) is 9.22. The predicted molar refractivity (Wildman–Crippen MR) is 92.9 cm³/mol. The van der Waals surface area contributed by atoms with Gasteiger partial charge < -0.3 is 14.9 Å². The molecule has 0 bridgehead atoms. The fourth-order valence-corrected chi connectivity index (χ4v) is 3.79. The lowest BCUT2D eigenvalue weighted by Gasteiger charge is -2.23. The van der Waals surface area contributed by atoms with Crippen LogP contribution < -0.4 is 0 Å². The molecule has 2 saturated heterocycles. The second-order valence-electron chi connectivity index (χ2n) is 6.84. The topological polar surface area (TPSA) is 95.0 Å². The number of carbonyl (C=O) groups excluding carboxylic acids is 3. The van der Waals surface area contributed by atoms with E-state index in [-0.39, 0.29) is 23.6 Å². The highest BCUT2D eigenvalue weighted by Crippen LogP contribution is 2.23. The predicted octanol–water partition coefficient (Wildman–Crippen LogP) is 1.57. The van der Waals surface area contributed by atoms with Gasteiger partial charge in [-0.25, -0.2) is 4.79 Å². The molecule has 0 radical (unpaired) electrons. The van der Waals surface area contributed by atoms with Crippen LogP contribution in [0.2, 0.25) is 0 Å². The zero-order valence-electron chi connectivity index (χ0n) is 14.7. The van der Waals surface area contributed by atoms with Gasteiger partial charge in [-0.05, 0) is 56.9 Å². The number of amides is 2. The summed E-state index contributed by atoms with van der Waals surface area (Å²) in [7, 11) is 0. The maximum Gasteiger partial charge on any atom is 0.326 e. The van der Waals surface area contributed by atoms with Crippen LogP contribution >= 0.6 is 0 Å². The lowest BCUT2D eigenvalue weighted by atomic mass is 10.1. The van der Waals surface area contributed by atoms with E-state index in [1.165, 1.54) is 11.8 Å². The molecule has 0 spiro atoms. The van der Waals surface area contributed by atoms with Gasteiger partial charge in [0.25, 0.3) is 11.8 Å². The van der Waals surface area contributed by atoms with Gasteiger partial charge in [0.2, 0.25) is 0 Å². The number of hydrogen-bond acceptors (Lipinski definition) is 4. The molecule has 138 valence electrons. The molecule has 7 heteroatoms. The highest BCUT2D eigenvalue weighted by Gasteiger charge is 2.35. The number of benzene rings is 1. The van der Waals surface area contributed by atoms with Crippen LogP contribution in [0.5, 0.6) is 0 Å². The van der Waals surface area contributed by atoms with E-state index in [0.29, 0.717) is 43.5 Å². The van der Waals surface area contributed by atoms with E-state index in [4.69, 9.17) is 0 Å². The third kappa shape index (κ3) is 3.34. The summed E-state index contributed by atoms with van der Waals surface area (Å²) in [6.07, 6.45) is 2.61. The molecular formula is C19H22N2O5. The largest absolute Gasteiger partial charge is 0.480 e. The van der Waals surface area contributed by atoms with E-state index in [2.05, 4.69) is 0 Å². The van der Waals surface area contributed by atoms with Gasteiger partial charge >= 0.3 is 5.97 Å².